The van der Waals surface area contributed by atoms with Crippen LogP contribution in [0.15, 0.2) is 41.2 Å². The number of aromatic hydroxyl groups is 1. The van der Waals surface area contributed by atoms with Gasteiger partial charge in [0.05, 0.1) is 22.9 Å². The highest BCUT2D eigenvalue weighted by atomic mass is 16.6. The number of allylic oxidation sites excluding steroid dienone is 4. The Bertz CT molecular complexity index is 1740. The molecule has 7 aliphatic rings. The van der Waals surface area contributed by atoms with Gasteiger partial charge < -0.3 is 28.8 Å². The first kappa shape index (κ1) is 31.9. The summed E-state index contributed by atoms with van der Waals surface area (Å²) in [5.41, 5.74) is -2.26. The van der Waals surface area contributed by atoms with Gasteiger partial charge in [-0.15, -0.1) is 0 Å². The van der Waals surface area contributed by atoms with Crippen LogP contribution in [0.1, 0.15) is 103 Å². The third kappa shape index (κ3) is 4.45. The second-order valence-corrected chi connectivity index (χ2v) is 15.5. The molecule has 1 aromatic rings. The van der Waals surface area contributed by atoms with Crippen LogP contribution in [0.2, 0.25) is 0 Å². The summed E-state index contributed by atoms with van der Waals surface area (Å²) < 4.78 is 31.9. The van der Waals surface area contributed by atoms with Crippen molar-refractivity contribution < 1.29 is 43.2 Å². The second-order valence-electron chi connectivity index (χ2n) is 15.5. The molecule has 3 aliphatic carbocycles. The summed E-state index contributed by atoms with van der Waals surface area (Å²) in [6, 6.07) is 0. The molecule has 4 heterocycles. The van der Waals surface area contributed by atoms with Crippen molar-refractivity contribution in [1.29, 1.82) is 0 Å². The van der Waals surface area contributed by atoms with E-state index in [2.05, 4.69) is 19.9 Å². The number of hydrogen-bond donors (Lipinski definition) is 1. The number of ether oxygens (including phenoxy) is 5. The number of rotatable bonds is 9. The predicted octanol–water partition coefficient (Wildman–Crippen LogP) is 6.50. The Morgan fingerprint density at radius 1 is 1.04 bits per heavy atom. The van der Waals surface area contributed by atoms with Crippen LogP contribution in [-0.2, 0) is 30.2 Å². The van der Waals surface area contributed by atoms with Crippen molar-refractivity contribution in [2.45, 2.75) is 122 Å². The first-order valence-electron chi connectivity index (χ1n) is 16.6. The Hall–Kier alpha value is -3.69. The number of phenolic OH excluding ortho intramolecular Hbond substituents is 1. The highest BCUT2D eigenvalue weighted by molar-refractivity contribution is 6.19. The maximum Gasteiger partial charge on any atom is 0.298 e. The van der Waals surface area contributed by atoms with Crippen molar-refractivity contribution in [2.75, 3.05) is 0 Å². The van der Waals surface area contributed by atoms with Gasteiger partial charge in [-0.05, 0) is 92.9 Å². The number of phenols is 1. The molecule has 2 saturated heterocycles. The lowest BCUT2D eigenvalue weighted by molar-refractivity contribution is -0.171. The molecule has 3 unspecified atom stereocenters. The van der Waals surface area contributed by atoms with E-state index in [-0.39, 0.29) is 52.7 Å². The van der Waals surface area contributed by atoms with E-state index in [4.69, 9.17) is 23.7 Å². The fourth-order valence-corrected chi connectivity index (χ4v) is 8.70. The zero-order valence-corrected chi connectivity index (χ0v) is 28.4. The van der Waals surface area contributed by atoms with Crippen LogP contribution in [0.5, 0.6) is 17.2 Å². The third-order valence-corrected chi connectivity index (χ3v) is 11.2. The monoisotopic (exact) mass is 644 g/mol. The minimum atomic E-state index is -1.56. The standard InChI is InChI=1S/C38H44O9/c1-20(2)10-9-13-36(8)14-12-23-29(40)28-30(41)25-16-22-17-26-34(4,5)47-37(33(22)42,15-11-21(3)43-19-39)38(25,26)46-32(28)24(31(23)45-36)18-27-35(6,7)44-27/h10-12,14,16,19,22,26-27,40H,9,13,15,17-18H2,1-8H3/b21-11-/t22?,26?,27?,36-,37-,38-/m1/s1. The maximum atomic E-state index is 14.8. The van der Waals surface area contributed by atoms with Crippen molar-refractivity contribution in [3.8, 4) is 17.2 Å². The average Bonchev–Trinajstić information content (AvgIpc) is 3.55. The highest BCUT2D eigenvalue weighted by Gasteiger charge is 2.81. The van der Waals surface area contributed by atoms with Gasteiger partial charge in [-0.25, -0.2) is 0 Å². The van der Waals surface area contributed by atoms with Gasteiger partial charge in [0.2, 0.25) is 0 Å². The minimum absolute atomic E-state index is 0.0363. The summed E-state index contributed by atoms with van der Waals surface area (Å²) in [5, 5.41) is 11.8. The number of carbonyl (C=O) groups is 3. The van der Waals surface area contributed by atoms with Crippen molar-refractivity contribution in [3.05, 3.63) is 57.9 Å². The molecular formula is C38H44O9. The van der Waals surface area contributed by atoms with E-state index in [0.29, 0.717) is 53.9 Å². The van der Waals surface area contributed by atoms with E-state index in [9.17, 15) is 19.5 Å². The van der Waals surface area contributed by atoms with E-state index < -0.39 is 28.3 Å². The summed E-state index contributed by atoms with van der Waals surface area (Å²) in [6.07, 6.45) is 11.5. The van der Waals surface area contributed by atoms with Gasteiger partial charge in [0.25, 0.3) is 6.47 Å². The largest absolute Gasteiger partial charge is 0.506 e. The molecule has 0 amide bonds. The number of fused-ring (bicyclic) bond motifs is 2. The van der Waals surface area contributed by atoms with Crippen molar-refractivity contribution in [2.24, 2.45) is 11.8 Å². The van der Waals surface area contributed by atoms with Gasteiger partial charge in [-0.3, -0.25) is 14.4 Å². The van der Waals surface area contributed by atoms with Crippen LogP contribution >= 0.6 is 0 Å². The number of Topliss-reactive ketones (excluding diaryl/α,β-unsaturated/α-hetero) is 2. The molecule has 4 bridgehead atoms. The molecule has 1 spiro atoms. The van der Waals surface area contributed by atoms with Crippen LogP contribution in [0.3, 0.4) is 0 Å². The molecule has 4 aliphatic heterocycles. The van der Waals surface area contributed by atoms with Gasteiger partial charge in [-0.1, -0.05) is 17.7 Å². The average molecular weight is 645 g/mol. The van der Waals surface area contributed by atoms with Crippen LogP contribution in [0.4, 0.5) is 0 Å². The van der Waals surface area contributed by atoms with Gasteiger partial charge >= 0.3 is 0 Å². The maximum absolute atomic E-state index is 14.8. The van der Waals surface area contributed by atoms with Crippen LogP contribution in [0, 0.1) is 11.8 Å². The highest BCUT2D eigenvalue weighted by Crippen LogP contribution is 2.69. The number of benzene rings is 1. The summed E-state index contributed by atoms with van der Waals surface area (Å²) in [7, 11) is 0. The van der Waals surface area contributed by atoms with E-state index in [1.807, 2.05) is 46.8 Å². The summed E-state index contributed by atoms with van der Waals surface area (Å²) in [6.45, 7) is 16.0. The van der Waals surface area contributed by atoms with E-state index in [0.717, 1.165) is 6.42 Å². The molecule has 1 N–H and O–H groups in total. The van der Waals surface area contributed by atoms with Gasteiger partial charge in [-0.2, -0.15) is 0 Å². The molecule has 0 aromatic heterocycles. The zero-order chi connectivity index (χ0) is 33.9. The fraction of sp³-hybridized carbons (Fsp3) is 0.553. The number of carbonyl (C=O) groups excluding carboxylic acids is 3. The molecule has 1 saturated carbocycles. The van der Waals surface area contributed by atoms with Crippen LogP contribution in [0.25, 0.3) is 6.08 Å². The van der Waals surface area contributed by atoms with Crippen molar-refractivity contribution in [3.63, 3.8) is 0 Å². The van der Waals surface area contributed by atoms with Crippen molar-refractivity contribution in [1.82, 2.24) is 0 Å². The van der Waals surface area contributed by atoms with Gasteiger partial charge in [0.1, 0.15) is 34.2 Å². The third-order valence-electron chi connectivity index (χ3n) is 11.2. The lowest BCUT2D eigenvalue weighted by atomic mass is 9.51. The Morgan fingerprint density at radius 3 is 2.43 bits per heavy atom. The molecule has 3 fully saturated rings. The summed E-state index contributed by atoms with van der Waals surface area (Å²) >= 11 is 0. The molecular weight excluding hydrogens is 600 g/mol. The van der Waals surface area contributed by atoms with Crippen LogP contribution in [-0.4, -0.2) is 57.3 Å². The molecule has 8 rings (SSSR count). The predicted molar refractivity (Wildman–Crippen MR) is 173 cm³/mol. The van der Waals surface area contributed by atoms with Crippen molar-refractivity contribution >= 4 is 24.1 Å². The normalized spacial score (nSPS) is 34.8. The number of epoxide rings is 1. The first-order valence-corrected chi connectivity index (χ1v) is 16.6. The fourth-order valence-electron chi connectivity index (χ4n) is 8.70. The summed E-state index contributed by atoms with van der Waals surface area (Å²) in [5.74, 6) is -0.691. The van der Waals surface area contributed by atoms with E-state index >= 15 is 0 Å². The van der Waals surface area contributed by atoms with E-state index in [1.165, 1.54) is 5.57 Å². The smallest absolute Gasteiger partial charge is 0.298 e. The van der Waals surface area contributed by atoms with Crippen LogP contribution < -0.4 is 9.47 Å². The lowest BCUT2D eigenvalue weighted by Crippen LogP contribution is -2.72. The molecule has 0 radical (unpaired) electrons. The topological polar surface area (TPSA) is 121 Å². The molecule has 9 nitrogen and oxygen atoms in total. The zero-order valence-electron chi connectivity index (χ0n) is 28.4. The second kappa shape index (κ2) is 10.2. The molecule has 47 heavy (non-hydrogen) atoms. The number of hydrogen-bond acceptors (Lipinski definition) is 9. The Morgan fingerprint density at radius 2 is 1.77 bits per heavy atom. The molecule has 1 aromatic carbocycles. The quantitative estimate of drug-likeness (QED) is 0.139. The lowest BCUT2D eigenvalue weighted by Gasteiger charge is -2.56. The van der Waals surface area contributed by atoms with Gasteiger partial charge in [0.15, 0.2) is 22.8 Å². The summed E-state index contributed by atoms with van der Waals surface area (Å²) in [4.78, 5) is 40.3. The SMILES string of the molecule is CC(C)=CCC[C@]1(C)C=Cc2c(O)c3c(c(CC4OC4(C)C)c2O1)O[C@]12C(=CC4CC1C(C)(C)O[C@]2(C/C=C(/C)OC=O)C4=O)C3=O. The Labute approximate surface area is 275 Å². The minimum Gasteiger partial charge on any atom is -0.506 e. The molecule has 6 atom stereocenters. The van der Waals surface area contributed by atoms with E-state index in [1.54, 1.807) is 19.1 Å². The Kier molecular flexibility index (Phi) is 6.89. The first-order chi connectivity index (χ1) is 22.0. The Balaban J connectivity index is 1.43. The molecule has 250 valence electrons. The van der Waals surface area contributed by atoms with Gasteiger partial charge in [0, 0.05) is 35.8 Å². The molecule has 9 heteroatoms. The number of ketones is 2.